The molecule has 25 heavy (non-hydrogen) atoms. The minimum Gasteiger partial charge on any atom is -0.325 e. The third-order valence-electron chi connectivity index (χ3n) is 4.41. The molecule has 0 bridgehead atoms. The standard InChI is InChI=1S/C20H20N2O3/c1-13-7-9-16(10-8-13)22-12-15(11-19(22)24)20(25)21-18-6-4-3-5-17(18)14(2)23/h3-10,15H,11-12H2,1-2H3,(H,21,25). The average molecular weight is 336 g/mol. The van der Waals surface area contributed by atoms with Crippen molar-refractivity contribution < 1.29 is 14.4 Å². The van der Waals surface area contributed by atoms with Crippen LogP contribution in [0.4, 0.5) is 11.4 Å². The van der Waals surface area contributed by atoms with Crippen LogP contribution in [0.25, 0.3) is 0 Å². The van der Waals surface area contributed by atoms with E-state index < -0.39 is 5.92 Å². The number of para-hydroxylation sites is 1. The van der Waals surface area contributed by atoms with Crippen molar-refractivity contribution in [1.29, 1.82) is 0 Å². The Balaban J connectivity index is 1.73. The zero-order valence-electron chi connectivity index (χ0n) is 14.3. The van der Waals surface area contributed by atoms with Gasteiger partial charge in [0.2, 0.25) is 11.8 Å². The second kappa shape index (κ2) is 6.89. The molecule has 2 aromatic carbocycles. The van der Waals surface area contributed by atoms with Crippen molar-refractivity contribution in [3.63, 3.8) is 0 Å². The molecule has 0 spiro atoms. The van der Waals surface area contributed by atoms with Gasteiger partial charge in [0.15, 0.2) is 5.78 Å². The summed E-state index contributed by atoms with van der Waals surface area (Å²) in [6.07, 6.45) is 0.169. The molecule has 1 aliphatic heterocycles. The fourth-order valence-corrected chi connectivity index (χ4v) is 2.99. The number of carbonyl (C=O) groups excluding carboxylic acids is 3. The van der Waals surface area contributed by atoms with Gasteiger partial charge in [-0.15, -0.1) is 0 Å². The summed E-state index contributed by atoms with van der Waals surface area (Å²) in [5, 5.41) is 2.80. The van der Waals surface area contributed by atoms with Gasteiger partial charge >= 0.3 is 0 Å². The molecule has 5 nitrogen and oxygen atoms in total. The first kappa shape index (κ1) is 16.9. The first-order valence-corrected chi connectivity index (χ1v) is 8.23. The maximum atomic E-state index is 12.6. The summed E-state index contributed by atoms with van der Waals surface area (Å²) in [7, 11) is 0. The first-order chi connectivity index (χ1) is 12.0. The number of benzene rings is 2. The minimum absolute atomic E-state index is 0.0659. The molecule has 0 saturated carbocycles. The number of Topliss-reactive ketones (excluding diaryl/α,β-unsaturated/α-hetero) is 1. The molecular formula is C20H20N2O3. The Morgan fingerprint density at radius 2 is 1.76 bits per heavy atom. The second-order valence-electron chi connectivity index (χ2n) is 6.33. The third kappa shape index (κ3) is 3.60. The van der Waals surface area contributed by atoms with Gasteiger partial charge in [0, 0.05) is 24.2 Å². The lowest BCUT2D eigenvalue weighted by molar-refractivity contribution is -0.122. The van der Waals surface area contributed by atoms with Crippen molar-refractivity contribution in [3.05, 3.63) is 59.7 Å². The van der Waals surface area contributed by atoms with Gasteiger partial charge in [0.05, 0.1) is 11.6 Å². The normalized spacial score (nSPS) is 16.8. The van der Waals surface area contributed by atoms with Gasteiger partial charge in [0.1, 0.15) is 0 Å². The van der Waals surface area contributed by atoms with Crippen LogP contribution in [-0.2, 0) is 9.59 Å². The predicted octanol–water partition coefficient (Wildman–Crippen LogP) is 3.19. The Hall–Kier alpha value is -2.95. The second-order valence-corrected chi connectivity index (χ2v) is 6.33. The Bertz CT molecular complexity index is 827. The molecule has 2 aromatic rings. The SMILES string of the molecule is CC(=O)c1ccccc1NC(=O)C1CC(=O)N(c2ccc(C)cc2)C1. The lowest BCUT2D eigenvalue weighted by atomic mass is 10.1. The molecule has 3 rings (SSSR count). The summed E-state index contributed by atoms with van der Waals surface area (Å²) < 4.78 is 0. The topological polar surface area (TPSA) is 66.5 Å². The van der Waals surface area contributed by atoms with Crippen LogP contribution < -0.4 is 10.2 Å². The number of amides is 2. The van der Waals surface area contributed by atoms with E-state index in [0.29, 0.717) is 17.8 Å². The van der Waals surface area contributed by atoms with E-state index in [1.54, 1.807) is 29.2 Å². The molecule has 1 atom stereocenters. The molecule has 1 unspecified atom stereocenters. The molecule has 128 valence electrons. The van der Waals surface area contributed by atoms with Crippen molar-refractivity contribution in [1.82, 2.24) is 0 Å². The largest absolute Gasteiger partial charge is 0.325 e. The van der Waals surface area contributed by atoms with Crippen molar-refractivity contribution in [2.24, 2.45) is 5.92 Å². The maximum Gasteiger partial charge on any atom is 0.229 e. The molecule has 2 amide bonds. The zero-order valence-corrected chi connectivity index (χ0v) is 14.3. The highest BCUT2D eigenvalue weighted by atomic mass is 16.2. The van der Waals surface area contributed by atoms with Crippen LogP contribution in [0.3, 0.4) is 0 Å². The van der Waals surface area contributed by atoms with Crippen LogP contribution in [0.15, 0.2) is 48.5 Å². The molecule has 0 aliphatic carbocycles. The van der Waals surface area contributed by atoms with Gasteiger partial charge in [-0.05, 0) is 38.1 Å². The van der Waals surface area contributed by atoms with Gasteiger partial charge in [-0.3, -0.25) is 14.4 Å². The van der Waals surface area contributed by atoms with Crippen LogP contribution in [0, 0.1) is 12.8 Å². The molecule has 1 fully saturated rings. The van der Waals surface area contributed by atoms with Gasteiger partial charge < -0.3 is 10.2 Å². The number of nitrogens with zero attached hydrogens (tertiary/aromatic N) is 1. The molecule has 0 aromatic heterocycles. The van der Waals surface area contributed by atoms with Crippen molar-refractivity contribution in [3.8, 4) is 0 Å². The van der Waals surface area contributed by atoms with Gasteiger partial charge in [-0.1, -0.05) is 29.8 Å². The number of rotatable bonds is 4. The molecule has 1 aliphatic rings. The molecule has 0 radical (unpaired) electrons. The highest BCUT2D eigenvalue weighted by Crippen LogP contribution is 2.27. The van der Waals surface area contributed by atoms with Crippen LogP contribution in [0.2, 0.25) is 0 Å². The molecular weight excluding hydrogens is 316 g/mol. The summed E-state index contributed by atoms with van der Waals surface area (Å²) in [6.45, 7) is 3.79. The lowest BCUT2D eigenvalue weighted by Gasteiger charge is -2.17. The maximum absolute atomic E-state index is 12.6. The van der Waals surface area contributed by atoms with E-state index in [1.165, 1.54) is 6.92 Å². The van der Waals surface area contributed by atoms with Crippen LogP contribution >= 0.6 is 0 Å². The van der Waals surface area contributed by atoms with E-state index in [4.69, 9.17) is 0 Å². The van der Waals surface area contributed by atoms with Crippen LogP contribution in [0.1, 0.15) is 29.3 Å². The minimum atomic E-state index is -0.436. The Morgan fingerprint density at radius 3 is 2.44 bits per heavy atom. The zero-order chi connectivity index (χ0) is 18.0. The van der Waals surface area contributed by atoms with Crippen LogP contribution in [-0.4, -0.2) is 24.1 Å². The van der Waals surface area contributed by atoms with Gasteiger partial charge in [-0.25, -0.2) is 0 Å². The quantitative estimate of drug-likeness (QED) is 0.872. The van der Waals surface area contributed by atoms with E-state index in [9.17, 15) is 14.4 Å². The Kier molecular flexibility index (Phi) is 4.65. The third-order valence-corrected chi connectivity index (χ3v) is 4.41. The van der Waals surface area contributed by atoms with E-state index in [2.05, 4.69) is 5.32 Å². The Morgan fingerprint density at radius 1 is 1.08 bits per heavy atom. The van der Waals surface area contributed by atoms with Crippen molar-refractivity contribution in [2.45, 2.75) is 20.3 Å². The van der Waals surface area contributed by atoms with E-state index in [0.717, 1.165) is 11.3 Å². The summed E-state index contributed by atoms with van der Waals surface area (Å²) in [5.41, 5.74) is 2.87. The van der Waals surface area contributed by atoms with Crippen molar-refractivity contribution in [2.75, 3.05) is 16.8 Å². The van der Waals surface area contributed by atoms with Crippen LogP contribution in [0.5, 0.6) is 0 Å². The number of nitrogens with one attached hydrogen (secondary N) is 1. The fourth-order valence-electron chi connectivity index (χ4n) is 2.99. The molecule has 1 N–H and O–H groups in total. The highest BCUT2D eigenvalue weighted by Gasteiger charge is 2.35. The number of hydrogen-bond donors (Lipinski definition) is 1. The Labute approximate surface area is 146 Å². The smallest absolute Gasteiger partial charge is 0.229 e. The summed E-state index contributed by atoms with van der Waals surface area (Å²) in [5.74, 6) is -0.853. The summed E-state index contributed by atoms with van der Waals surface area (Å²) >= 11 is 0. The molecule has 1 heterocycles. The number of aryl methyl sites for hydroxylation is 1. The average Bonchev–Trinajstić information content (AvgIpc) is 2.98. The van der Waals surface area contributed by atoms with E-state index in [1.807, 2.05) is 31.2 Å². The van der Waals surface area contributed by atoms with Gasteiger partial charge in [-0.2, -0.15) is 0 Å². The first-order valence-electron chi connectivity index (χ1n) is 8.23. The van der Waals surface area contributed by atoms with E-state index in [-0.39, 0.29) is 24.0 Å². The van der Waals surface area contributed by atoms with Gasteiger partial charge in [0.25, 0.3) is 0 Å². The summed E-state index contributed by atoms with van der Waals surface area (Å²) in [4.78, 5) is 38.2. The van der Waals surface area contributed by atoms with Crippen molar-refractivity contribution >= 4 is 29.0 Å². The predicted molar refractivity (Wildman–Crippen MR) is 96.7 cm³/mol. The molecule has 5 heteroatoms. The number of hydrogen-bond acceptors (Lipinski definition) is 3. The number of ketones is 1. The lowest BCUT2D eigenvalue weighted by Crippen LogP contribution is -2.28. The monoisotopic (exact) mass is 336 g/mol. The van der Waals surface area contributed by atoms with E-state index >= 15 is 0 Å². The fraction of sp³-hybridized carbons (Fsp3) is 0.250. The summed E-state index contributed by atoms with van der Waals surface area (Å²) in [6, 6.07) is 14.6. The number of carbonyl (C=O) groups is 3. The number of anilines is 2. The highest BCUT2D eigenvalue weighted by molar-refractivity contribution is 6.07. The molecule has 1 saturated heterocycles.